The van der Waals surface area contributed by atoms with Gasteiger partial charge in [-0.1, -0.05) is 49.6 Å². The highest BCUT2D eigenvalue weighted by molar-refractivity contribution is 6.02. The van der Waals surface area contributed by atoms with Crippen molar-refractivity contribution in [3.05, 3.63) is 35.9 Å². The fourth-order valence-corrected chi connectivity index (χ4v) is 4.56. The van der Waals surface area contributed by atoms with Crippen LogP contribution in [0.5, 0.6) is 0 Å². The minimum Gasteiger partial charge on any atom is -0.340 e. The summed E-state index contributed by atoms with van der Waals surface area (Å²) in [6, 6.07) is 10.1. The lowest BCUT2D eigenvalue weighted by molar-refractivity contribution is -0.167. The van der Waals surface area contributed by atoms with Crippen LogP contribution in [0.15, 0.2) is 30.3 Å². The number of hydrogen-bond donors (Lipinski definition) is 1. The molecule has 24 heavy (non-hydrogen) atoms. The smallest absolute Gasteiger partial charge is 0.249 e. The molecule has 1 spiro atoms. The van der Waals surface area contributed by atoms with Gasteiger partial charge in [-0.3, -0.25) is 9.59 Å². The first-order valence-corrected chi connectivity index (χ1v) is 9.25. The molecule has 1 heterocycles. The van der Waals surface area contributed by atoms with Gasteiger partial charge in [0, 0.05) is 6.54 Å². The first kappa shape index (κ1) is 15.7. The van der Waals surface area contributed by atoms with Crippen LogP contribution in [-0.2, 0) is 16.1 Å². The molecule has 4 rings (SSSR count). The van der Waals surface area contributed by atoms with Crippen molar-refractivity contribution in [2.45, 2.75) is 69.5 Å². The van der Waals surface area contributed by atoms with Crippen LogP contribution in [0.25, 0.3) is 0 Å². The number of amides is 2. The fraction of sp³-hybridized carbons (Fsp3) is 0.600. The highest BCUT2D eigenvalue weighted by Gasteiger charge is 2.60. The van der Waals surface area contributed by atoms with E-state index in [0.29, 0.717) is 12.5 Å². The van der Waals surface area contributed by atoms with Crippen molar-refractivity contribution in [2.75, 3.05) is 0 Å². The van der Waals surface area contributed by atoms with Crippen LogP contribution < -0.4 is 5.32 Å². The number of hydrogen-bond acceptors (Lipinski definition) is 2. The molecule has 1 atom stereocenters. The predicted molar refractivity (Wildman–Crippen MR) is 92.1 cm³/mol. The summed E-state index contributed by atoms with van der Waals surface area (Å²) in [7, 11) is 0. The van der Waals surface area contributed by atoms with Gasteiger partial charge in [-0.15, -0.1) is 0 Å². The van der Waals surface area contributed by atoms with Crippen LogP contribution in [0, 0.1) is 5.92 Å². The Labute approximate surface area is 143 Å². The summed E-state index contributed by atoms with van der Waals surface area (Å²) in [6.07, 6.45) is 6.85. The molecule has 0 aromatic heterocycles. The van der Waals surface area contributed by atoms with Gasteiger partial charge in [-0.2, -0.15) is 0 Å². The number of benzene rings is 1. The van der Waals surface area contributed by atoms with E-state index >= 15 is 0 Å². The Morgan fingerprint density at radius 3 is 2.38 bits per heavy atom. The van der Waals surface area contributed by atoms with Crippen LogP contribution in [0.2, 0.25) is 0 Å². The van der Waals surface area contributed by atoms with Crippen molar-refractivity contribution in [3.8, 4) is 0 Å². The molecule has 3 fully saturated rings. The van der Waals surface area contributed by atoms with E-state index in [4.69, 9.17) is 0 Å². The number of carbonyl (C=O) groups is 2. The molecule has 2 saturated carbocycles. The van der Waals surface area contributed by atoms with Crippen molar-refractivity contribution >= 4 is 11.8 Å². The fourth-order valence-electron chi connectivity index (χ4n) is 4.56. The molecule has 0 bridgehead atoms. The SMILES string of the molecule is CC1(C2CC2)NC(=O)C2(CCCCC2)N(Cc2ccccc2)C1=O. The van der Waals surface area contributed by atoms with Crippen molar-refractivity contribution in [1.29, 1.82) is 0 Å². The zero-order valence-corrected chi connectivity index (χ0v) is 14.4. The minimum absolute atomic E-state index is 0.0760. The maximum Gasteiger partial charge on any atom is 0.249 e. The van der Waals surface area contributed by atoms with Gasteiger partial charge < -0.3 is 10.2 Å². The monoisotopic (exact) mass is 326 g/mol. The Morgan fingerprint density at radius 2 is 1.75 bits per heavy atom. The largest absolute Gasteiger partial charge is 0.340 e. The van der Waals surface area contributed by atoms with E-state index in [1.807, 2.05) is 42.2 Å². The average Bonchev–Trinajstić information content (AvgIpc) is 3.45. The molecule has 2 aliphatic carbocycles. The third-order valence-corrected chi connectivity index (χ3v) is 6.26. The molecule has 4 nitrogen and oxygen atoms in total. The second kappa shape index (κ2) is 5.61. The van der Waals surface area contributed by atoms with E-state index in [1.54, 1.807) is 0 Å². The van der Waals surface area contributed by atoms with Gasteiger partial charge in [0.1, 0.15) is 11.1 Å². The van der Waals surface area contributed by atoms with E-state index in [0.717, 1.165) is 50.5 Å². The zero-order valence-electron chi connectivity index (χ0n) is 14.4. The second-order valence-corrected chi connectivity index (χ2v) is 7.90. The van der Waals surface area contributed by atoms with Crippen molar-refractivity contribution < 1.29 is 9.59 Å². The standard InChI is InChI=1S/C20H26N2O2/c1-19(16-10-11-16)18(24)22(14-15-8-4-2-5-9-15)20(17(23)21-19)12-6-3-7-13-20/h2,4-5,8-9,16H,3,6-7,10-14H2,1H3,(H,21,23). The maximum absolute atomic E-state index is 13.5. The average molecular weight is 326 g/mol. The van der Waals surface area contributed by atoms with Crippen LogP contribution >= 0.6 is 0 Å². The molecular weight excluding hydrogens is 300 g/mol. The highest BCUT2D eigenvalue weighted by Crippen LogP contribution is 2.46. The van der Waals surface area contributed by atoms with Crippen molar-refractivity contribution in [3.63, 3.8) is 0 Å². The van der Waals surface area contributed by atoms with E-state index in [2.05, 4.69) is 5.32 Å². The third kappa shape index (κ3) is 2.35. The molecule has 0 radical (unpaired) electrons. The first-order valence-electron chi connectivity index (χ1n) is 9.25. The Bertz CT molecular complexity index is 647. The molecular formula is C20H26N2O2. The van der Waals surface area contributed by atoms with E-state index in [-0.39, 0.29) is 11.8 Å². The minimum atomic E-state index is -0.714. The van der Waals surface area contributed by atoms with Crippen LogP contribution in [0.1, 0.15) is 57.4 Å². The van der Waals surface area contributed by atoms with Crippen LogP contribution in [-0.4, -0.2) is 27.8 Å². The number of carbonyl (C=O) groups excluding carboxylic acids is 2. The quantitative estimate of drug-likeness (QED) is 0.928. The van der Waals surface area contributed by atoms with Gasteiger partial charge in [0.25, 0.3) is 0 Å². The summed E-state index contributed by atoms with van der Waals surface area (Å²) in [5, 5.41) is 3.15. The normalized spacial score (nSPS) is 29.6. The number of nitrogens with one attached hydrogen (secondary N) is 1. The second-order valence-electron chi connectivity index (χ2n) is 7.90. The van der Waals surface area contributed by atoms with Crippen LogP contribution in [0.4, 0.5) is 0 Å². The molecule has 1 aliphatic heterocycles. The summed E-state index contributed by atoms with van der Waals surface area (Å²) in [5.74, 6) is 0.496. The predicted octanol–water partition coefficient (Wildman–Crippen LogP) is 3.02. The van der Waals surface area contributed by atoms with E-state index in [1.165, 1.54) is 0 Å². The van der Waals surface area contributed by atoms with Gasteiger partial charge in [0.15, 0.2) is 0 Å². The molecule has 1 aromatic carbocycles. The summed E-state index contributed by atoms with van der Waals surface area (Å²) < 4.78 is 0. The molecule has 128 valence electrons. The molecule has 1 unspecified atom stereocenters. The molecule has 3 aliphatic rings. The van der Waals surface area contributed by atoms with E-state index < -0.39 is 11.1 Å². The van der Waals surface area contributed by atoms with Crippen LogP contribution in [0.3, 0.4) is 0 Å². The Kier molecular flexibility index (Phi) is 3.66. The van der Waals surface area contributed by atoms with E-state index in [9.17, 15) is 9.59 Å². The number of nitrogens with zero attached hydrogens (tertiary/aromatic N) is 1. The summed E-state index contributed by atoms with van der Waals surface area (Å²) in [5.41, 5.74) is -0.252. The summed E-state index contributed by atoms with van der Waals surface area (Å²) >= 11 is 0. The molecule has 4 heteroatoms. The van der Waals surface area contributed by atoms with Gasteiger partial charge in [-0.05, 0) is 44.1 Å². The van der Waals surface area contributed by atoms with Gasteiger partial charge >= 0.3 is 0 Å². The molecule has 1 aromatic rings. The maximum atomic E-state index is 13.5. The molecule has 1 saturated heterocycles. The summed E-state index contributed by atoms with van der Waals surface area (Å²) in [4.78, 5) is 28.6. The van der Waals surface area contributed by atoms with Gasteiger partial charge in [-0.25, -0.2) is 0 Å². The zero-order chi connectivity index (χ0) is 16.8. The lowest BCUT2D eigenvalue weighted by Crippen LogP contribution is -2.75. The Hall–Kier alpha value is -1.84. The topological polar surface area (TPSA) is 49.4 Å². The number of piperazine rings is 1. The lowest BCUT2D eigenvalue weighted by atomic mass is 9.74. The summed E-state index contributed by atoms with van der Waals surface area (Å²) in [6.45, 7) is 2.47. The molecule has 2 amide bonds. The third-order valence-electron chi connectivity index (χ3n) is 6.26. The molecule has 1 N–H and O–H groups in total. The van der Waals surface area contributed by atoms with Crippen molar-refractivity contribution in [2.24, 2.45) is 5.92 Å². The highest BCUT2D eigenvalue weighted by atomic mass is 16.2. The van der Waals surface area contributed by atoms with Crippen molar-refractivity contribution in [1.82, 2.24) is 10.2 Å². The number of rotatable bonds is 3. The van der Waals surface area contributed by atoms with Gasteiger partial charge in [0.05, 0.1) is 0 Å². The Balaban J connectivity index is 1.72. The Morgan fingerprint density at radius 1 is 1.08 bits per heavy atom. The lowest BCUT2D eigenvalue weighted by Gasteiger charge is -2.53. The first-order chi connectivity index (χ1) is 11.6. The van der Waals surface area contributed by atoms with Gasteiger partial charge in [0.2, 0.25) is 11.8 Å².